The van der Waals surface area contributed by atoms with Crippen LogP contribution in [0.4, 0.5) is 0 Å². The van der Waals surface area contributed by atoms with E-state index in [1.54, 1.807) is 11.3 Å². The molecule has 0 aliphatic heterocycles. The number of hydrogen-bond donors (Lipinski definition) is 1. The molecule has 23 heavy (non-hydrogen) atoms. The fourth-order valence-electron chi connectivity index (χ4n) is 2.88. The van der Waals surface area contributed by atoms with Crippen LogP contribution >= 0.6 is 11.3 Å². The third-order valence-electron chi connectivity index (χ3n) is 3.94. The van der Waals surface area contributed by atoms with E-state index in [0.717, 1.165) is 27.2 Å². The van der Waals surface area contributed by atoms with Gasteiger partial charge in [0.25, 0.3) is 0 Å². The van der Waals surface area contributed by atoms with Gasteiger partial charge in [0.2, 0.25) is 0 Å². The molecule has 0 radical (unpaired) electrons. The average molecular weight is 323 g/mol. The van der Waals surface area contributed by atoms with E-state index in [0.29, 0.717) is 6.61 Å². The van der Waals surface area contributed by atoms with Crippen molar-refractivity contribution in [2.24, 2.45) is 0 Å². The first-order valence-electron chi connectivity index (χ1n) is 7.66. The standard InChI is InChI=1S/C19H17NO2S/c1-2-21-12-22-19-16(10-11-23-19)15-8-5-7-14-13-6-3-4-9-17(13)20-18(14)15/h3-11,20H,2,12H2,1H3. The van der Waals surface area contributed by atoms with E-state index >= 15 is 0 Å². The Morgan fingerprint density at radius 1 is 0.957 bits per heavy atom. The quantitative estimate of drug-likeness (QED) is 0.393. The maximum absolute atomic E-state index is 5.78. The number of aromatic nitrogens is 1. The molecule has 4 aromatic rings. The molecule has 0 atom stereocenters. The minimum Gasteiger partial charge on any atom is -0.457 e. The largest absolute Gasteiger partial charge is 0.457 e. The van der Waals surface area contributed by atoms with E-state index in [1.165, 1.54) is 10.8 Å². The van der Waals surface area contributed by atoms with Crippen molar-refractivity contribution in [2.45, 2.75) is 6.92 Å². The molecule has 4 heteroatoms. The highest BCUT2D eigenvalue weighted by Gasteiger charge is 2.14. The summed E-state index contributed by atoms with van der Waals surface area (Å²) in [6.45, 7) is 2.90. The van der Waals surface area contributed by atoms with E-state index in [-0.39, 0.29) is 6.79 Å². The second-order valence-electron chi connectivity index (χ2n) is 5.28. The van der Waals surface area contributed by atoms with Crippen LogP contribution in [0.25, 0.3) is 32.9 Å². The molecule has 0 fully saturated rings. The minimum atomic E-state index is 0.284. The molecule has 0 aliphatic carbocycles. The summed E-state index contributed by atoms with van der Waals surface area (Å²) in [7, 11) is 0. The van der Waals surface area contributed by atoms with Gasteiger partial charge < -0.3 is 14.5 Å². The van der Waals surface area contributed by atoms with Gasteiger partial charge in [-0.3, -0.25) is 0 Å². The average Bonchev–Trinajstić information content (AvgIpc) is 3.19. The highest BCUT2D eigenvalue weighted by molar-refractivity contribution is 7.12. The highest BCUT2D eigenvalue weighted by atomic mass is 32.1. The lowest BCUT2D eigenvalue weighted by atomic mass is 10.0. The molecule has 0 saturated heterocycles. The molecule has 0 spiro atoms. The summed E-state index contributed by atoms with van der Waals surface area (Å²) in [6, 6.07) is 16.9. The van der Waals surface area contributed by atoms with Gasteiger partial charge in [0.05, 0.1) is 5.52 Å². The van der Waals surface area contributed by atoms with Gasteiger partial charge in [-0.15, -0.1) is 11.3 Å². The number of para-hydroxylation sites is 2. The van der Waals surface area contributed by atoms with Crippen molar-refractivity contribution in [2.75, 3.05) is 13.4 Å². The Morgan fingerprint density at radius 2 is 1.83 bits per heavy atom. The van der Waals surface area contributed by atoms with Crippen LogP contribution in [0.2, 0.25) is 0 Å². The van der Waals surface area contributed by atoms with Crippen molar-refractivity contribution in [3.05, 3.63) is 53.9 Å². The van der Waals surface area contributed by atoms with Crippen LogP contribution in [0.15, 0.2) is 53.9 Å². The molecule has 2 aromatic carbocycles. The zero-order valence-electron chi connectivity index (χ0n) is 12.8. The van der Waals surface area contributed by atoms with Crippen molar-refractivity contribution in [3.63, 3.8) is 0 Å². The number of H-pyrrole nitrogens is 1. The minimum absolute atomic E-state index is 0.284. The predicted molar refractivity (Wildman–Crippen MR) is 96.2 cm³/mol. The maximum atomic E-state index is 5.78. The van der Waals surface area contributed by atoms with E-state index < -0.39 is 0 Å². The predicted octanol–water partition coefficient (Wildman–Crippen LogP) is 5.42. The molecule has 116 valence electrons. The summed E-state index contributed by atoms with van der Waals surface area (Å²) >= 11 is 1.59. The Morgan fingerprint density at radius 3 is 2.74 bits per heavy atom. The van der Waals surface area contributed by atoms with Crippen LogP contribution in [0.3, 0.4) is 0 Å². The number of aromatic amines is 1. The Kier molecular flexibility index (Phi) is 3.77. The van der Waals surface area contributed by atoms with Crippen molar-refractivity contribution in [1.29, 1.82) is 0 Å². The fourth-order valence-corrected chi connectivity index (χ4v) is 3.63. The third kappa shape index (κ3) is 2.50. The lowest BCUT2D eigenvalue weighted by molar-refractivity contribution is 0.0250. The SMILES string of the molecule is CCOCOc1sccc1-c1cccc2c1[nH]c1ccccc12. The summed E-state index contributed by atoms with van der Waals surface area (Å²) in [6.07, 6.45) is 0. The second-order valence-corrected chi connectivity index (χ2v) is 6.15. The zero-order chi connectivity index (χ0) is 15.6. The Hall–Kier alpha value is -2.30. The number of ether oxygens (including phenoxy) is 2. The normalized spacial score (nSPS) is 11.3. The molecule has 0 aliphatic rings. The molecular formula is C19H17NO2S. The Balaban J connectivity index is 1.85. The van der Waals surface area contributed by atoms with Crippen LogP contribution in [-0.2, 0) is 4.74 Å². The number of fused-ring (bicyclic) bond motifs is 3. The van der Waals surface area contributed by atoms with Crippen LogP contribution in [-0.4, -0.2) is 18.4 Å². The summed E-state index contributed by atoms with van der Waals surface area (Å²) in [4.78, 5) is 3.55. The lowest BCUT2D eigenvalue weighted by Crippen LogP contribution is -2.01. The second kappa shape index (κ2) is 6.07. The molecule has 3 nitrogen and oxygen atoms in total. The topological polar surface area (TPSA) is 34.2 Å². The molecule has 4 rings (SSSR count). The van der Waals surface area contributed by atoms with Gasteiger partial charge in [0, 0.05) is 34.0 Å². The first-order chi connectivity index (χ1) is 11.4. The van der Waals surface area contributed by atoms with Gasteiger partial charge in [-0.05, 0) is 24.4 Å². The Labute approximate surface area is 138 Å². The summed E-state index contributed by atoms with van der Waals surface area (Å²) in [5, 5.41) is 5.43. The van der Waals surface area contributed by atoms with Gasteiger partial charge in [0.15, 0.2) is 11.9 Å². The maximum Gasteiger partial charge on any atom is 0.190 e. The molecule has 2 aromatic heterocycles. The van der Waals surface area contributed by atoms with E-state index in [2.05, 4.69) is 58.9 Å². The number of thiophene rings is 1. The molecule has 0 bridgehead atoms. The highest BCUT2D eigenvalue weighted by Crippen LogP contribution is 2.40. The zero-order valence-corrected chi connectivity index (χ0v) is 13.7. The van der Waals surface area contributed by atoms with Crippen LogP contribution < -0.4 is 4.74 Å². The van der Waals surface area contributed by atoms with Crippen LogP contribution in [0.1, 0.15) is 6.92 Å². The van der Waals surface area contributed by atoms with Crippen molar-refractivity contribution in [1.82, 2.24) is 4.98 Å². The molecule has 0 amide bonds. The molecule has 0 unspecified atom stereocenters. The summed E-state index contributed by atoms with van der Waals surface area (Å²) in [5.41, 5.74) is 4.56. The van der Waals surface area contributed by atoms with E-state index in [4.69, 9.17) is 9.47 Å². The lowest BCUT2D eigenvalue weighted by Gasteiger charge is -2.08. The first kappa shape index (κ1) is 14.3. The van der Waals surface area contributed by atoms with Gasteiger partial charge in [-0.2, -0.15) is 0 Å². The summed E-state index contributed by atoms with van der Waals surface area (Å²) < 4.78 is 11.1. The van der Waals surface area contributed by atoms with Crippen molar-refractivity contribution in [3.8, 4) is 16.2 Å². The van der Waals surface area contributed by atoms with Crippen LogP contribution in [0.5, 0.6) is 5.06 Å². The fraction of sp³-hybridized carbons (Fsp3) is 0.158. The molecular weight excluding hydrogens is 306 g/mol. The smallest absolute Gasteiger partial charge is 0.190 e. The van der Waals surface area contributed by atoms with Gasteiger partial charge in [0.1, 0.15) is 0 Å². The third-order valence-corrected chi connectivity index (χ3v) is 4.76. The molecule has 2 heterocycles. The number of nitrogens with one attached hydrogen (secondary N) is 1. The van der Waals surface area contributed by atoms with E-state index in [9.17, 15) is 0 Å². The molecule has 0 saturated carbocycles. The van der Waals surface area contributed by atoms with Gasteiger partial charge >= 0.3 is 0 Å². The van der Waals surface area contributed by atoms with Crippen molar-refractivity contribution < 1.29 is 9.47 Å². The van der Waals surface area contributed by atoms with Gasteiger partial charge in [-0.1, -0.05) is 36.4 Å². The summed E-state index contributed by atoms with van der Waals surface area (Å²) in [5.74, 6) is 0. The van der Waals surface area contributed by atoms with Crippen molar-refractivity contribution >= 4 is 33.1 Å². The monoisotopic (exact) mass is 323 g/mol. The number of rotatable bonds is 5. The first-order valence-corrected chi connectivity index (χ1v) is 8.54. The van der Waals surface area contributed by atoms with Gasteiger partial charge in [-0.25, -0.2) is 0 Å². The number of hydrogen-bond acceptors (Lipinski definition) is 3. The Bertz CT molecular complexity index is 954. The molecule has 1 N–H and O–H groups in total. The number of benzene rings is 2. The van der Waals surface area contributed by atoms with E-state index in [1.807, 2.05) is 6.92 Å². The van der Waals surface area contributed by atoms with Crippen LogP contribution in [0, 0.1) is 0 Å².